The second kappa shape index (κ2) is 5.21. The highest BCUT2D eigenvalue weighted by Gasteiger charge is 2.14. The molecule has 0 amide bonds. The smallest absolute Gasteiger partial charge is 0.123 e. The number of methoxy groups -OCH3 is 1. The molecule has 1 aliphatic heterocycles. The van der Waals surface area contributed by atoms with Crippen LogP contribution in [0.25, 0.3) is 0 Å². The van der Waals surface area contributed by atoms with Gasteiger partial charge in [-0.25, -0.2) is 0 Å². The quantitative estimate of drug-likeness (QED) is 0.819. The number of rotatable bonds is 3. The lowest BCUT2D eigenvalue weighted by Crippen LogP contribution is -2.35. The summed E-state index contributed by atoms with van der Waals surface area (Å²) in [6, 6.07) is 6.75. The van der Waals surface area contributed by atoms with E-state index >= 15 is 0 Å². The number of benzene rings is 1. The first-order chi connectivity index (χ1) is 7.81. The minimum atomic E-state index is 0.590. The van der Waals surface area contributed by atoms with Crippen molar-refractivity contribution in [2.45, 2.75) is 25.8 Å². The van der Waals surface area contributed by atoms with Gasteiger partial charge in [0.25, 0.3) is 0 Å². The molecule has 0 spiro atoms. The summed E-state index contributed by atoms with van der Waals surface area (Å²) in [5.74, 6) is 0.957. The molecule has 1 aliphatic rings. The van der Waals surface area contributed by atoms with Gasteiger partial charge in [-0.15, -0.1) is 0 Å². The molecule has 0 radical (unpaired) electrons. The summed E-state index contributed by atoms with van der Waals surface area (Å²) >= 11 is 0. The van der Waals surface area contributed by atoms with Gasteiger partial charge in [-0.05, 0) is 45.0 Å². The van der Waals surface area contributed by atoms with Crippen LogP contribution in [0.2, 0.25) is 0 Å². The lowest BCUT2D eigenvalue weighted by atomic mass is 10.1. The van der Waals surface area contributed by atoms with Crippen molar-refractivity contribution in [3.05, 3.63) is 23.8 Å². The molecule has 16 heavy (non-hydrogen) atoms. The van der Waals surface area contributed by atoms with E-state index in [1.165, 1.54) is 24.1 Å². The van der Waals surface area contributed by atoms with Gasteiger partial charge >= 0.3 is 0 Å². The van der Waals surface area contributed by atoms with Crippen molar-refractivity contribution < 1.29 is 4.74 Å². The number of ether oxygens (including phenoxy) is 1. The molecule has 0 unspecified atom stereocenters. The molecular formula is C13H20N2O. The first kappa shape index (κ1) is 11.3. The zero-order valence-electron chi connectivity index (χ0n) is 10.0. The lowest BCUT2D eigenvalue weighted by Gasteiger charge is -2.25. The summed E-state index contributed by atoms with van der Waals surface area (Å²) < 4.78 is 5.32. The molecule has 3 nitrogen and oxygen atoms in total. The van der Waals surface area contributed by atoms with Gasteiger partial charge in [0.05, 0.1) is 7.11 Å². The van der Waals surface area contributed by atoms with Gasteiger partial charge in [0, 0.05) is 17.3 Å². The van der Waals surface area contributed by atoms with E-state index in [1.807, 2.05) is 12.1 Å². The van der Waals surface area contributed by atoms with E-state index in [0.29, 0.717) is 6.04 Å². The molecule has 0 saturated carbocycles. The Hall–Kier alpha value is -1.22. The Kier molecular flexibility index (Phi) is 3.67. The standard InChI is InChI=1S/C13H20N2O/c1-10-12(4-3-5-13(10)16-2)15-11-6-8-14-9-7-11/h3-5,11,14-15H,6-9H2,1-2H3. The van der Waals surface area contributed by atoms with E-state index in [-0.39, 0.29) is 0 Å². The van der Waals surface area contributed by atoms with Gasteiger partial charge in [-0.3, -0.25) is 0 Å². The number of piperidine rings is 1. The van der Waals surface area contributed by atoms with Crippen LogP contribution in [-0.2, 0) is 0 Å². The van der Waals surface area contributed by atoms with Crippen LogP contribution >= 0.6 is 0 Å². The second-order valence-electron chi connectivity index (χ2n) is 4.30. The first-order valence-corrected chi connectivity index (χ1v) is 5.92. The van der Waals surface area contributed by atoms with Gasteiger partial charge < -0.3 is 15.4 Å². The zero-order valence-corrected chi connectivity index (χ0v) is 10.0. The molecule has 2 rings (SSSR count). The fourth-order valence-electron chi connectivity index (χ4n) is 2.18. The molecule has 1 aromatic rings. The summed E-state index contributed by atoms with van der Waals surface area (Å²) in [7, 11) is 1.72. The van der Waals surface area contributed by atoms with Crippen LogP contribution < -0.4 is 15.4 Å². The Morgan fingerprint density at radius 3 is 2.75 bits per heavy atom. The Morgan fingerprint density at radius 2 is 2.06 bits per heavy atom. The van der Waals surface area contributed by atoms with E-state index in [0.717, 1.165) is 18.8 Å². The van der Waals surface area contributed by atoms with Crippen LogP contribution in [0.5, 0.6) is 5.75 Å². The van der Waals surface area contributed by atoms with Crippen molar-refractivity contribution in [2.24, 2.45) is 0 Å². The SMILES string of the molecule is COc1cccc(NC2CCNCC2)c1C. The molecule has 1 aromatic carbocycles. The topological polar surface area (TPSA) is 33.3 Å². The third-order valence-corrected chi connectivity index (χ3v) is 3.20. The lowest BCUT2D eigenvalue weighted by molar-refractivity contribution is 0.411. The average Bonchev–Trinajstić information content (AvgIpc) is 2.33. The summed E-state index contributed by atoms with van der Waals surface area (Å²) in [6.07, 6.45) is 2.38. The number of hydrogen-bond acceptors (Lipinski definition) is 3. The molecule has 0 aromatic heterocycles. The largest absolute Gasteiger partial charge is 0.496 e. The van der Waals surface area contributed by atoms with E-state index in [9.17, 15) is 0 Å². The summed E-state index contributed by atoms with van der Waals surface area (Å²) in [5.41, 5.74) is 2.40. The monoisotopic (exact) mass is 220 g/mol. The van der Waals surface area contributed by atoms with E-state index in [4.69, 9.17) is 4.74 Å². The van der Waals surface area contributed by atoms with Crippen LogP contribution in [-0.4, -0.2) is 26.2 Å². The summed E-state index contributed by atoms with van der Waals surface area (Å²) in [6.45, 7) is 4.32. The first-order valence-electron chi connectivity index (χ1n) is 5.92. The van der Waals surface area contributed by atoms with Gasteiger partial charge in [-0.2, -0.15) is 0 Å². The van der Waals surface area contributed by atoms with Crippen LogP contribution in [0.4, 0.5) is 5.69 Å². The highest BCUT2D eigenvalue weighted by atomic mass is 16.5. The fourth-order valence-corrected chi connectivity index (χ4v) is 2.18. The Labute approximate surface area is 97.2 Å². The highest BCUT2D eigenvalue weighted by molar-refractivity contribution is 5.57. The van der Waals surface area contributed by atoms with Crippen molar-refractivity contribution in [3.8, 4) is 5.75 Å². The maximum absolute atomic E-state index is 5.32. The molecule has 1 saturated heterocycles. The predicted octanol–water partition coefficient (Wildman–Crippen LogP) is 2.17. The number of anilines is 1. The fraction of sp³-hybridized carbons (Fsp3) is 0.538. The molecule has 88 valence electrons. The molecule has 0 bridgehead atoms. The minimum absolute atomic E-state index is 0.590. The average molecular weight is 220 g/mol. The number of hydrogen-bond donors (Lipinski definition) is 2. The second-order valence-corrected chi connectivity index (χ2v) is 4.30. The number of nitrogens with one attached hydrogen (secondary N) is 2. The molecule has 0 aliphatic carbocycles. The van der Waals surface area contributed by atoms with Gasteiger partial charge in [0.1, 0.15) is 5.75 Å². The molecule has 3 heteroatoms. The zero-order chi connectivity index (χ0) is 11.4. The third-order valence-electron chi connectivity index (χ3n) is 3.20. The van der Waals surface area contributed by atoms with Crippen LogP contribution in [0, 0.1) is 6.92 Å². The normalized spacial score (nSPS) is 17.1. The predicted molar refractivity (Wildman–Crippen MR) is 67.2 cm³/mol. The van der Waals surface area contributed by atoms with Crippen molar-refractivity contribution in [3.63, 3.8) is 0 Å². The van der Waals surface area contributed by atoms with Crippen molar-refractivity contribution in [2.75, 3.05) is 25.5 Å². The third kappa shape index (κ3) is 2.47. The van der Waals surface area contributed by atoms with E-state index in [1.54, 1.807) is 7.11 Å². The van der Waals surface area contributed by atoms with Crippen molar-refractivity contribution >= 4 is 5.69 Å². The summed E-state index contributed by atoms with van der Waals surface area (Å²) in [5, 5.41) is 6.98. The highest BCUT2D eigenvalue weighted by Crippen LogP contribution is 2.26. The van der Waals surface area contributed by atoms with Gasteiger partial charge in [0.15, 0.2) is 0 Å². The molecule has 2 N–H and O–H groups in total. The van der Waals surface area contributed by atoms with E-state index in [2.05, 4.69) is 23.6 Å². The van der Waals surface area contributed by atoms with Crippen molar-refractivity contribution in [1.29, 1.82) is 0 Å². The minimum Gasteiger partial charge on any atom is -0.496 e. The van der Waals surface area contributed by atoms with Crippen LogP contribution in [0.15, 0.2) is 18.2 Å². The Morgan fingerprint density at radius 1 is 1.31 bits per heavy atom. The van der Waals surface area contributed by atoms with Gasteiger partial charge in [-0.1, -0.05) is 6.07 Å². The maximum Gasteiger partial charge on any atom is 0.123 e. The van der Waals surface area contributed by atoms with Crippen LogP contribution in [0.3, 0.4) is 0 Å². The molecular weight excluding hydrogens is 200 g/mol. The Bertz CT molecular complexity index is 346. The molecule has 0 atom stereocenters. The van der Waals surface area contributed by atoms with Gasteiger partial charge in [0.2, 0.25) is 0 Å². The maximum atomic E-state index is 5.32. The Balaban J connectivity index is 2.08. The van der Waals surface area contributed by atoms with Crippen LogP contribution in [0.1, 0.15) is 18.4 Å². The van der Waals surface area contributed by atoms with E-state index < -0.39 is 0 Å². The molecule has 1 heterocycles. The summed E-state index contributed by atoms with van der Waals surface area (Å²) in [4.78, 5) is 0. The van der Waals surface area contributed by atoms with Crippen molar-refractivity contribution in [1.82, 2.24) is 5.32 Å². The molecule has 1 fully saturated rings.